The van der Waals surface area contributed by atoms with Gasteiger partial charge in [-0.3, -0.25) is 9.88 Å². The molecule has 0 unspecified atom stereocenters. The summed E-state index contributed by atoms with van der Waals surface area (Å²) in [4.78, 5) is 29.8. The van der Waals surface area contributed by atoms with Crippen LogP contribution in [0, 0.1) is 5.82 Å². The monoisotopic (exact) mass is 449 g/mol. The van der Waals surface area contributed by atoms with Gasteiger partial charge in [-0.2, -0.15) is 13.2 Å². The highest BCUT2D eigenvalue weighted by Gasteiger charge is 2.55. The normalized spacial score (nSPS) is 15.8. The van der Waals surface area contributed by atoms with Gasteiger partial charge in [-0.1, -0.05) is 0 Å². The number of halogens is 4. The van der Waals surface area contributed by atoms with Crippen LogP contribution in [0.1, 0.15) is 58.7 Å². The number of methoxy groups -OCH3 is 1. The minimum absolute atomic E-state index is 0.0975. The van der Waals surface area contributed by atoms with Crippen molar-refractivity contribution >= 4 is 12.2 Å². The van der Waals surface area contributed by atoms with Gasteiger partial charge in [0.05, 0.1) is 35.6 Å². The van der Waals surface area contributed by atoms with Crippen LogP contribution in [0.15, 0.2) is 12.3 Å². The van der Waals surface area contributed by atoms with Crippen LogP contribution in [-0.4, -0.2) is 46.9 Å². The van der Waals surface area contributed by atoms with Crippen LogP contribution in [0.2, 0.25) is 0 Å². The third-order valence-corrected chi connectivity index (χ3v) is 4.67. The largest absolute Gasteiger partial charge is 0.453 e. The van der Waals surface area contributed by atoms with Crippen molar-refractivity contribution in [3.8, 4) is 0 Å². The number of amides is 2. The second-order valence-corrected chi connectivity index (χ2v) is 9.15. The zero-order valence-corrected chi connectivity index (χ0v) is 18.3. The fraction of sp³-hybridized carbons (Fsp3) is 0.650. The number of carbonyl (C=O) groups is 2. The number of hydrogen-bond donors (Lipinski definition) is 1. The second-order valence-electron chi connectivity index (χ2n) is 9.15. The van der Waals surface area contributed by atoms with Crippen LogP contribution in [0.4, 0.5) is 27.2 Å². The maximum atomic E-state index is 13.7. The summed E-state index contributed by atoms with van der Waals surface area (Å²) in [6, 6.07) is 0.618. The minimum Gasteiger partial charge on any atom is -0.453 e. The van der Waals surface area contributed by atoms with Crippen molar-refractivity contribution in [1.82, 2.24) is 15.2 Å². The number of ether oxygens (including phenoxy) is 2. The van der Waals surface area contributed by atoms with E-state index in [9.17, 15) is 27.2 Å². The Bertz CT molecular complexity index is 846. The summed E-state index contributed by atoms with van der Waals surface area (Å²) in [5.41, 5.74) is -4.53. The van der Waals surface area contributed by atoms with Crippen LogP contribution in [0.3, 0.4) is 0 Å². The summed E-state index contributed by atoms with van der Waals surface area (Å²) in [7, 11) is 1.14. The molecule has 174 valence electrons. The van der Waals surface area contributed by atoms with Crippen molar-refractivity contribution in [2.24, 2.45) is 0 Å². The predicted molar refractivity (Wildman–Crippen MR) is 103 cm³/mol. The van der Waals surface area contributed by atoms with Gasteiger partial charge in [0.25, 0.3) is 0 Å². The Hall–Kier alpha value is -2.59. The molecule has 0 aliphatic heterocycles. The Morgan fingerprint density at radius 1 is 1.19 bits per heavy atom. The highest BCUT2D eigenvalue weighted by atomic mass is 19.4. The number of alkyl carbamates (subject to hydrolysis) is 1. The molecule has 0 radical (unpaired) electrons. The molecule has 0 bridgehead atoms. The van der Waals surface area contributed by atoms with Crippen LogP contribution in [-0.2, 0) is 21.2 Å². The van der Waals surface area contributed by atoms with Crippen molar-refractivity contribution in [2.75, 3.05) is 13.7 Å². The van der Waals surface area contributed by atoms with E-state index in [1.807, 2.05) is 0 Å². The van der Waals surface area contributed by atoms with Gasteiger partial charge in [0.2, 0.25) is 0 Å². The third-order valence-electron chi connectivity index (χ3n) is 4.67. The first-order valence-electron chi connectivity index (χ1n) is 9.61. The van der Waals surface area contributed by atoms with E-state index >= 15 is 0 Å². The Kier molecular flexibility index (Phi) is 6.49. The highest BCUT2D eigenvalue weighted by Crippen LogP contribution is 2.51. The maximum absolute atomic E-state index is 13.7. The molecule has 1 fully saturated rings. The predicted octanol–water partition coefficient (Wildman–Crippen LogP) is 4.60. The first kappa shape index (κ1) is 24.7. The Balaban J connectivity index is 2.35. The van der Waals surface area contributed by atoms with Crippen molar-refractivity contribution in [1.29, 1.82) is 0 Å². The first-order valence-corrected chi connectivity index (χ1v) is 9.61. The van der Waals surface area contributed by atoms with Gasteiger partial charge in [0, 0.05) is 6.54 Å². The average Bonchev–Trinajstić information content (AvgIpc) is 3.37. The molecule has 11 heteroatoms. The summed E-state index contributed by atoms with van der Waals surface area (Å²) >= 11 is 0. The Morgan fingerprint density at radius 3 is 2.23 bits per heavy atom. The van der Waals surface area contributed by atoms with Crippen LogP contribution in [0.5, 0.6) is 0 Å². The summed E-state index contributed by atoms with van der Waals surface area (Å²) in [5, 5.41) is 2.65. The topological polar surface area (TPSA) is 80.8 Å². The molecule has 1 aromatic heterocycles. The van der Waals surface area contributed by atoms with Gasteiger partial charge in [-0.25, -0.2) is 14.0 Å². The Labute approximate surface area is 178 Å². The number of pyridine rings is 1. The minimum atomic E-state index is -4.91. The van der Waals surface area contributed by atoms with Gasteiger partial charge in [-0.15, -0.1) is 0 Å². The molecule has 1 aliphatic carbocycles. The lowest BCUT2D eigenvalue weighted by molar-refractivity contribution is -0.140. The van der Waals surface area contributed by atoms with E-state index in [0.29, 0.717) is 25.1 Å². The van der Waals surface area contributed by atoms with Crippen molar-refractivity contribution in [2.45, 2.75) is 70.3 Å². The first-order chi connectivity index (χ1) is 14.0. The number of alkyl halides is 3. The summed E-state index contributed by atoms with van der Waals surface area (Å²) in [6.45, 7) is 8.22. The lowest BCUT2D eigenvalue weighted by atomic mass is 10.0. The SMILES string of the molecule is COC(=O)N(CC(C)(C)NC(=O)OC(C)(C)C)C1(c2cc(C(F)(F)F)c(F)cn2)CC1. The molecule has 1 aliphatic rings. The molecular formula is C20H27F4N3O4. The number of rotatable bonds is 5. The highest BCUT2D eigenvalue weighted by molar-refractivity contribution is 5.71. The van der Waals surface area contributed by atoms with E-state index in [1.165, 1.54) is 4.90 Å². The van der Waals surface area contributed by atoms with Gasteiger partial charge in [0.15, 0.2) is 5.82 Å². The number of nitrogens with zero attached hydrogens (tertiary/aromatic N) is 2. The van der Waals surface area contributed by atoms with E-state index in [0.717, 1.165) is 7.11 Å². The van der Waals surface area contributed by atoms with E-state index < -0.39 is 46.4 Å². The van der Waals surface area contributed by atoms with Crippen molar-refractivity contribution in [3.63, 3.8) is 0 Å². The second kappa shape index (κ2) is 8.16. The summed E-state index contributed by atoms with van der Waals surface area (Å²) in [5.74, 6) is -1.50. The Morgan fingerprint density at radius 2 is 1.77 bits per heavy atom. The lowest BCUT2D eigenvalue weighted by Gasteiger charge is -2.37. The van der Waals surface area contributed by atoms with Gasteiger partial charge in [-0.05, 0) is 53.5 Å². The van der Waals surface area contributed by atoms with Gasteiger partial charge < -0.3 is 14.8 Å². The lowest BCUT2D eigenvalue weighted by Crippen LogP contribution is -2.56. The van der Waals surface area contributed by atoms with E-state index in [-0.39, 0.29) is 12.2 Å². The molecule has 0 spiro atoms. The van der Waals surface area contributed by atoms with Crippen molar-refractivity contribution in [3.05, 3.63) is 29.3 Å². The number of hydrogen-bond acceptors (Lipinski definition) is 5. The van der Waals surface area contributed by atoms with Gasteiger partial charge in [0.1, 0.15) is 5.60 Å². The third kappa shape index (κ3) is 5.98. The van der Waals surface area contributed by atoms with Crippen LogP contribution in [0.25, 0.3) is 0 Å². The summed E-state index contributed by atoms with van der Waals surface area (Å²) in [6.07, 6.45) is -5.33. The molecular weight excluding hydrogens is 422 g/mol. The quantitative estimate of drug-likeness (QED) is 0.665. The molecule has 1 saturated carbocycles. The van der Waals surface area contributed by atoms with Crippen LogP contribution >= 0.6 is 0 Å². The van der Waals surface area contributed by atoms with Crippen LogP contribution < -0.4 is 5.32 Å². The zero-order chi connectivity index (χ0) is 23.8. The number of aromatic nitrogens is 1. The maximum Gasteiger partial charge on any atom is 0.419 e. The zero-order valence-electron chi connectivity index (χ0n) is 18.3. The molecule has 1 N–H and O–H groups in total. The smallest absolute Gasteiger partial charge is 0.419 e. The number of carbonyl (C=O) groups excluding carboxylic acids is 2. The average molecular weight is 449 g/mol. The van der Waals surface area contributed by atoms with Gasteiger partial charge >= 0.3 is 18.4 Å². The number of nitrogens with one attached hydrogen (secondary N) is 1. The molecule has 0 aromatic carbocycles. The van der Waals surface area contributed by atoms with E-state index in [2.05, 4.69) is 10.3 Å². The molecule has 2 amide bonds. The molecule has 1 aromatic rings. The van der Waals surface area contributed by atoms with E-state index in [4.69, 9.17) is 9.47 Å². The fourth-order valence-corrected chi connectivity index (χ4v) is 3.21. The van der Waals surface area contributed by atoms with E-state index in [1.54, 1.807) is 34.6 Å². The molecule has 31 heavy (non-hydrogen) atoms. The van der Waals surface area contributed by atoms with Crippen molar-refractivity contribution < 1.29 is 36.6 Å². The molecule has 0 saturated heterocycles. The molecule has 1 heterocycles. The fourth-order valence-electron chi connectivity index (χ4n) is 3.21. The molecule has 0 atom stereocenters. The molecule has 7 nitrogen and oxygen atoms in total. The molecule has 2 rings (SSSR count). The summed E-state index contributed by atoms with van der Waals surface area (Å²) < 4.78 is 63.3. The standard InChI is InChI=1S/C20H27F4N3O4/c1-17(2,3)31-15(28)26-18(4,5)11-27(16(29)30-6)19(7-8-19)14-9-12(20(22,23)24)13(21)10-25-14/h9-10H,7-8,11H2,1-6H3,(H,26,28).